The summed E-state index contributed by atoms with van der Waals surface area (Å²) in [6.45, 7) is 0. The smallest absolute Gasteiger partial charge is 0.160 e. The monoisotopic (exact) mass is 780 g/mol. The molecule has 0 atom stereocenters. The van der Waals surface area contributed by atoms with Gasteiger partial charge in [0, 0.05) is 36.9 Å². The Morgan fingerprint density at radius 1 is 0.333 bits per heavy atom. The molecule has 0 spiro atoms. The molecular weight excluding hydrogens is 745 g/mol. The van der Waals surface area contributed by atoms with Crippen LogP contribution in [0, 0.1) is 0 Å². The molecule has 9 aromatic carbocycles. The molecule has 12 rings (SSSR count). The first kappa shape index (κ1) is 34.6. The lowest BCUT2D eigenvalue weighted by Crippen LogP contribution is -2.28. The van der Waals surface area contributed by atoms with Crippen LogP contribution in [0.25, 0.3) is 87.1 Å². The first-order valence-electron chi connectivity index (χ1n) is 20.5. The summed E-state index contributed by atoms with van der Waals surface area (Å²) in [6.07, 6.45) is 0. The maximum Gasteiger partial charge on any atom is 0.160 e. The van der Waals surface area contributed by atoms with E-state index >= 15 is 0 Å². The molecule has 3 heteroatoms. The standard InChI is InChI=1S/C57H36N2S/c1-3-15-44(16-4-1)57(45-17-5-2-6-18-45)50-21-11-9-19-46(50)47-31-29-42(35-51(47)57)53-36-52(58-56(59-53)43-28-25-37-13-7-8-14-40(37)33-43)39-26-23-38(24-27-39)41-30-32-55-49(34-41)48-20-10-12-22-54(48)60-55/h1-36H. The number of rotatable bonds is 6. The van der Waals surface area contributed by atoms with Crippen molar-refractivity contribution in [3.8, 4) is 56.2 Å². The van der Waals surface area contributed by atoms with Gasteiger partial charge in [-0.25, -0.2) is 9.97 Å². The lowest BCUT2D eigenvalue weighted by molar-refractivity contribution is 0.768. The fraction of sp³-hybridized carbons (Fsp3) is 0.0175. The number of thiophene rings is 1. The van der Waals surface area contributed by atoms with Crippen LogP contribution in [-0.4, -0.2) is 9.97 Å². The Morgan fingerprint density at radius 3 is 1.72 bits per heavy atom. The van der Waals surface area contributed by atoms with E-state index in [1.54, 1.807) is 0 Å². The van der Waals surface area contributed by atoms with Crippen molar-refractivity contribution in [2.24, 2.45) is 0 Å². The molecule has 0 N–H and O–H groups in total. The second-order valence-electron chi connectivity index (χ2n) is 15.7. The van der Waals surface area contributed by atoms with Gasteiger partial charge < -0.3 is 0 Å². The van der Waals surface area contributed by atoms with Crippen LogP contribution in [0.2, 0.25) is 0 Å². The van der Waals surface area contributed by atoms with Crippen molar-refractivity contribution < 1.29 is 0 Å². The minimum Gasteiger partial charge on any atom is -0.228 e. The van der Waals surface area contributed by atoms with Crippen molar-refractivity contribution in [1.29, 1.82) is 0 Å². The predicted octanol–water partition coefficient (Wildman–Crippen LogP) is 15.0. The van der Waals surface area contributed by atoms with Crippen LogP contribution in [0.15, 0.2) is 218 Å². The molecule has 2 heterocycles. The van der Waals surface area contributed by atoms with Crippen molar-refractivity contribution in [1.82, 2.24) is 9.97 Å². The van der Waals surface area contributed by atoms with Crippen molar-refractivity contribution >= 4 is 42.3 Å². The molecule has 1 aliphatic rings. The zero-order chi connectivity index (χ0) is 39.6. The summed E-state index contributed by atoms with van der Waals surface area (Å²) in [5, 5.41) is 4.97. The molecule has 280 valence electrons. The molecule has 0 radical (unpaired) electrons. The van der Waals surface area contributed by atoms with Gasteiger partial charge in [-0.05, 0) is 91.7 Å². The third-order valence-electron chi connectivity index (χ3n) is 12.4. The van der Waals surface area contributed by atoms with Gasteiger partial charge in [-0.15, -0.1) is 11.3 Å². The second-order valence-corrected chi connectivity index (χ2v) is 16.8. The molecule has 60 heavy (non-hydrogen) atoms. The molecule has 1 aliphatic carbocycles. The number of nitrogens with zero attached hydrogens (tertiary/aromatic N) is 2. The molecule has 0 aliphatic heterocycles. The van der Waals surface area contributed by atoms with Crippen LogP contribution in [0.4, 0.5) is 0 Å². The number of fused-ring (bicyclic) bond motifs is 7. The molecule has 0 unspecified atom stereocenters. The number of benzene rings is 9. The molecule has 0 saturated heterocycles. The van der Waals surface area contributed by atoms with E-state index in [0.29, 0.717) is 5.82 Å². The maximum absolute atomic E-state index is 5.38. The van der Waals surface area contributed by atoms with Gasteiger partial charge in [0.25, 0.3) is 0 Å². The average Bonchev–Trinajstić information content (AvgIpc) is 3.85. The van der Waals surface area contributed by atoms with E-state index in [1.807, 2.05) is 11.3 Å². The summed E-state index contributed by atoms with van der Waals surface area (Å²) < 4.78 is 2.63. The molecular formula is C57H36N2S. The average molecular weight is 781 g/mol. The van der Waals surface area contributed by atoms with Crippen molar-refractivity contribution in [3.63, 3.8) is 0 Å². The van der Waals surface area contributed by atoms with Gasteiger partial charge in [-0.2, -0.15) is 0 Å². The van der Waals surface area contributed by atoms with Gasteiger partial charge in [0.05, 0.1) is 16.8 Å². The van der Waals surface area contributed by atoms with Gasteiger partial charge in [0.15, 0.2) is 5.82 Å². The summed E-state index contributed by atoms with van der Waals surface area (Å²) in [5.41, 5.74) is 14.3. The molecule has 0 bridgehead atoms. The Kier molecular flexibility index (Phi) is 7.97. The Morgan fingerprint density at radius 2 is 0.917 bits per heavy atom. The minimum atomic E-state index is -0.504. The quantitative estimate of drug-likeness (QED) is 0.168. The van der Waals surface area contributed by atoms with E-state index < -0.39 is 5.41 Å². The topological polar surface area (TPSA) is 25.8 Å². The van der Waals surface area contributed by atoms with Crippen LogP contribution >= 0.6 is 11.3 Å². The first-order chi connectivity index (χ1) is 29.7. The molecule has 0 saturated carbocycles. The van der Waals surface area contributed by atoms with Gasteiger partial charge in [-0.1, -0.05) is 182 Å². The number of aromatic nitrogens is 2. The molecule has 2 nitrogen and oxygen atoms in total. The SMILES string of the molecule is c1ccc(C2(c3ccccc3)c3ccccc3-c3ccc(-c4cc(-c5ccc(-c6ccc7sc8ccccc8c7c6)cc5)nc(-c5ccc6ccccc6c5)n4)cc32)cc1. The van der Waals surface area contributed by atoms with E-state index in [0.717, 1.165) is 33.5 Å². The summed E-state index contributed by atoms with van der Waals surface area (Å²) in [7, 11) is 0. The minimum absolute atomic E-state index is 0.504. The van der Waals surface area contributed by atoms with Crippen molar-refractivity contribution in [3.05, 3.63) is 241 Å². The molecule has 0 amide bonds. The van der Waals surface area contributed by atoms with Crippen LogP contribution in [0.5, 0.6) is 0 Å². The van der Waals surface area contributed by atoms with E-state index in [9.17, 15) is 0 Å². The fourth-order valence-corrected chi connectivity index (χ4v) is 10.6. The van der Waals surface area contributed by atoms with Crippen LogP contribution in [0.3, 0.4) is 0 Å². The summed E-state index contributed by atoms with van der Waals surface area (Å²) in [4.78, 5) is 10.7. The maximum atomic E-state index is 5.38. The van der Waals surface area contributed by atoms with E-state index in [1.165, 1.54) is 70.1 Å². The van der Waals surface area contributed by atoms with E-state index in [2.05, 4.69) is 218 Å². The Bertz CT molecular complexity index is 3380. The van der Waals surface area contributed by atoms with Crippen molar-refractivity contribution in [2.45, 2.75) is 5.41 Å². The summed E-state index contributed by atoms with van der Waals surface area (Å²) in [5.74, 6) is 0.702. The predicted molar refractivity (Wildman–Crippen MR) is 251 cm³/mol. The van der Waals surface area contributed by atoms with E-state index in [4.69, 9.17) is 9.97 Å². The van der Waals surface area contributed by atoms with Crippen LogP contribution < -0.4 is 0 Å². The highest BCUT2D eigenvalue weighted by molar-refractivity contribution is 7.25. The Labute approximate surface area is 352 Å². The highest BCUT2D eigenvalue weighted by Gasteiger charge is 2.46. The zero-order valence-corrected chi connectivity index (χ0v) is 33.4. The molecule has 2 aromatic heterocycles. The highest BCUT2D eigenvalue weighted by Crippen LogP contribution is 2.56. The van der Waals surface area contributed by atoms with E-state index in [-0.39, 0.29) is 0 Å². The first-order valence-corrected chi connectivity index (χ1v) is 21.3. The normalized spacial score (nSPS) is 12.8. The largest absolute Gasteiger partial charge is 0.228 e. The lowest BCUT2D eigenvalue weighted by Gasteiger charge is -2.34. The Hall–Kier alpha value is -7.46. The van der Waals surface area contributed by atoms with Gasteiger partial charge in [0.1, 0.15) is 0 Å². The third-order valence-corrected chi connectivity index (χ3v) is 13.5. The summed E-state index contributed by atoms with van der Waals surface area (Å²) in [6, 6.07) is 79.3. The Balaban J connectivity index is 1.03. The van der Waals surface area contributed by atoms with Crippen LogP contribution in [0.1, 0.15) is 22.3 Å². The highest BCUT2D eigenvalue weighted by atomic mass is 32.1. The van der Waals surface area contributed by atoms with Gasteiger partial charge in [-0.3, -0.25) is 0 Å². The van der Waals surface area contributed by atoms with Crippen molar-refractivity contribution in [2.75, 3.05) is 0 Å². The zero-order valence-electron chi connectivity index (χ0n) is 32.6. The van der Waals surface area contributed by atoms with Crippen LogP contribution in [-0.2, 0) is 5.41 Å². The molecule has 0 fully saturated rings. The van der Waals surface area contributed by atoms with Gasteiger partial charge in [0.2, 0.25) is 0 Å². The fourth-order valence-electron chi connectivity index (χ4n) is 9.54. The summed E-state index contributed by atoms with van der Waals surface area (Å²) >= 11 is 1.85. The number of hydrogen-bond donors (Lipinski definition) is 0. The second kappa shape index (κ2) is 13.8. The lowest BCUT2D eigenvalue weighted by atomic mass is 9.67. The third kappa shape index (κ3) is 5.47. The number of hydrogen-bond acceptors (Lipinski definition) is 3. The van der Waals surface area contributed by atoms with Gasteiger partial charge >= 0.3 is 0 Å². The molecule has 11 aromatic rings.